The Labute approximate surface area is 199 Å². The van der Waals surface area contributed by atoms with Crippen molar-refractivity contribution in [1.82, 2.24) is 14.8 Å². The van der Waals surface area contributed by atoms with Gasteiger partial charge in [-0.3, -0.25) is 9.36 Å². The van der Waals surface area contributed by atoms with E-state index in [1.807, 2.05) is 4.57 Å². The van der Waals surface area contributed by atoms with Gasteiger partial charge in [-0.15, -0.1) is 10.2 Å². The lowest BCUT2D eigenvalue weighted by Gasteiger charge is -2.17. The number of aromatic nitrogens is 3. The summed E-state index contributed by atoms with van der Waals surface area (Å²) >= 11 is 13.5. The van der Waals surface area contributed by atoms with Crippen LogP contribution in [0.4, 0.5) is 10.1 Å². The van der Waals surface area contributed by atoms with Gasteiger partial charge in [0.15, 0.2) is 11.0 Å². The van der Waals surface area contributed by atoms with Crippen molar-refractivity contribution in [3.8, 4) is 11.4 Å². The van der Waals surface area contributed by atoms with E-state index in [0.29, 0.717) is 33.3 Å². The van der Waals surface area contributed by atoms with Crippen LogP contribution in [-0.4, -0.2) is 38.6 Å². The first-order valence-corrected chi connectivity index (χ1v) is 11.8. The Bertz CT molecular complexity index is 1100. The van der Waals surface area contributed by atoms with Gasteiger partial charge in [0, 0.05) is 12.2 Å². The lowest BCUT2D eigenvalue weighted by molar-refractivity contribution is -0.115. The van der Waals surface area contributed by atoms with Gasteiger partial charge >= 0.3 is 0 Å². The number of hydrogen-bond acceptors (Lipinski definition) is 5. The summed E-state index contributed by atoms with van der Waals surface area (Å²) in [5.74, 6) is 0.0427. The molecule has 0 bridgehead atoms. The Morgan fingerprint density at radius 2 is 2.06 bits per heavy atom. The molecule has 1 aliphatic heterocycles. The molecule has 2 atom stereocenters. The molecule has 6 nitrogen and oxygen atoms in total. The van der Waals surface area contributed by atoms with Crippen molar-refractivity contribution < 1.29 is 13.9 Å². The number of rotatable bonds is 7. The monoisotopic (exact) mass is 494 g/mol. The Morgan fingerprint density at radius 3 is 2.78 bits per heavy atom. The molecule has 0 saturated carbocycles. The van der Waals surface area contributed by atoms with Crippen LogP contribution in [0, 0.1) is 5.82 Å². The molecule has 0 spiro atoms. The van der Waals surface area contributed by atoms with E-state index in [4.69, 9.17) is 27.9 Å². The fraction of sp³-hybridized carbons (Fsp3) is 0.318. The predicted octanol–water partition coefficient (Wildman–Crippen LogP) is 5.69. The molecule has 1 amide bonds. The minimum absolute atomic E-state index is 0.0407. The number of nitrogens with one attached hydrogen (secondary N) is 1. The molecule has 0 unspecified atom stereocenters. The molecular formula is C22H21Cl2FN4O2S. The first-order chi connectivity index (χ1) is 15.4. The number of amides is 1. The fourth-order valence-electron chi connectivity index (χ4n) is 3.39. The highest BCUT2D eigenvalue weighted by Gasteiger charge is 2.25. The predicted molar refractivity (Wildman–Crippen MR) is 125 cm³/mol. The van der Waals surface area contributed by atoms with Gasteiger partial charge in [-0.2, -0.15) is 0 Å². The standard InChI is InChI=1S/C22H21Cl2FN4O2S/c1-13(21(30)26-18-6-2-5-17(23)19(18)24)32-22-28-27-20(14-7-9-15(25)10-8-14)29(22)12-16-4-3-11-31-16/h2,5-10,13,16H,3-4,11-12H2,1H3,(H,26,30)/t13-,16+/m0/s1. The van der Waals surface area contributed by atoms with Crippen molar-refractivity contribution >= 4 is 46.6 Å². The fourth-order valence-corrected chi connectivity index (χ4v) is 4.60. The van der Waals surface area contributed by atoms with E-state index >= 15 is 0 Å². The van der Waals surface area contributed by atoms with Crippen LogP contribution in [0.5, 0.6) is 0 Å². The van der Waals surface area contributed by atoms with Crippen LogP contribution < -0.4 is 5.32 Å². The van der Waals surface area contributed by atoms with Gasteiger partial charge in [0.25, 0.3) is 0 Å². The van der Waals surface area contributed by atoms with Crippen molar-refractivity contribution in [2.45, 2.75) is 42.8 Å². The maximum absolute atomic E-state index is 13.4. The summed E-state index contributed by atoms with van der Waals surface area (Å²) in [6.45, 7) is 3.05. The molecule has 0 aliphatic carbocycles. The number of anilines is 1. The molecule has 2 aromatic carbocycles. The first-order valence-electron chi connectivity index (χ1n) is 10.1. The van der Waals surface area contributed by atoms with Crippen LogP contribution in [0.3, 0.4) is 0 Å². The zero-order valence-corrected chi connectivity index (χ0v) is 19.6. The van der Waals surface area contributed by atoms with E-state index in [9.17, 15) is 9.18 Å². The van der Waals surface area contributed by atoms with Crippen LogP contribution in [0.15, 0.2) is 47.6 Å². The van der Waals surface area contributed by atoms with Gasteiger partial charge in [-0.1, -0.05) is 41.0 Å². The molecule has 0 radical (unpaired) electrons. The first kappa shape index (κ1) is 23.0. The van der Waals surface area contributed by atoms with E-state index in [1.54, 1.807) is 37.3 Å². The number of ether oxygens (including phenoxy) is 1. The number of thioether (sulfide) groups is 1. The Kier molecular flexibility index (Phi) is 7.35. The third kappa shape index (κ3) is 5.26. The van der Waals surface area contributed by atoms with Crippen LogP contribution in [0.1, 0.15) is 19.8 Å². The minimum Gasteiger partial charge on any atom is -0.376 e. The number of carbonyl (C=O) groups excluding carboxylic acids is 1. The molecule has 1 fully saturated rings. The Hall–Kier alpha value is -2.13. The number of nitrogens with zero attached hydrogens (tertiary/aromatic N) is 3. The SMILES string of the molecule is C[C@H](Sc1nnc(-c2ccc(F)cc2)n1C[C@H]1CCCO1)C(=O)Nc1cccc(Cl)c1Cl. The second-order valence-electron chi connectivity index (χ2n) is 7.41. The molecule has 2 heterocycles. The van der Waals surface area contributed by atoms with Gasteiger partial charge in [-0.25, -0.2) is 4.39 Å². The van der Waals surface area contributed by atoms with Crippen LogP contribution in [0.25, 0.3) is 11.4 Å². The summed E-state index contributed by atoms with van der Waals surface area (Å²) in [5, 5.41) is 12.2. The van der Waals surface area contributed by atoms with Crippen molar-refractivity contribution in [1.29, 1.82) is 0 Å². The quantitative estimate of drug-likeness (QED) is 0.427. The highest BCUT2D eigenvalue weighted by atomic mass is 35.5. The van der Waals surface area contributed by atoms with E-state index < -0.39 is 5.25 Å². The van der Waals surface area contributed by atoms with Crippen LogP contribution in [0.2, 0.25) is 10.0 Å². The van der Waals surface area contributed by atoms with Crippen molar-refractivity contribution in [3.63, 3.8) is 0 Å². The second-order valence-corrected chi connectivity index (χ2v) is 9.50. The van der Waals surface area contributed by atoms with Gasteiger partial charge in [0.1, 0.15) is 5.82 Å². The van der Waals surface area contributed by atoms with Crippen molar-refractivity contribution in [2.75, 3.05) is 11.9 Å². The molecule has 1 aliphatic rings. The summed E-state index contributed by atoms with van der Waals surface area (Å²) in [6.07, 6.45) is 1.98. The van der Waals surface area contributed by atoms with Gasteiger partial charge in [0.2, 0.25) is 5.91 Å². The minimum atomic E-state index is -0.487. The largest absolute Gasteiger partial charge is 0.376 e. The third-order valence-corrected chi connectivity index (χ3v) is 6.99. The van der Waals surface area contributed by atoms with Gasteiger partial charge < -0.3 is 10.1 Å². The summed E-state index contributed by atoms with van der Waals surface area (Å²) in [6, 6.07) is 11.2. The molecule has 3 aromatic rings. The highest BCUT2D eigenvalue weighted by molar-refractivity contribution is 8.00. The molecule has 1 N–H and O–H groups in total. The molecule has 32 heavy (non-hydrogen) atoms. The zero-order valence-electron chi connectivity index (χ0n) is 17.2. The smallest absolute Gasteiger partial charge is 0.237 e. The van der Waals surface area contributed by atoms with Gasteiger partial charge in [-0.05, 0) is 56.2 Å². The Balaban J connectivity index is 1.55. The average Bonchev–Trinajstić information content (AvgIpc) is 3.43. The summed E-state index contributed by atoms with van der Waals surface area (Å²) < 4.78 is 21.1. The number of carbonyl (C=O) groups is 1. The summed E-state index contributed by atoms with van der Waals surface area (Å²) in [5.41, 5.74) is 1.19. The maximum Gasteiger partial charge on any atom is 0.237 e. The lowest BCUT2D eigenvalue weighted by Crippen LogP contribution is -2.24. The van der Waals surface area contributed by atoms with E-state index in [1.165, 1.54) is 23.9 Å². The van der Waals surface area contributed by atoms with E-state index in [-0.39, 0.29) is 17.8 Å². The Morgan fingerprint density at radius 1 is 1.28 bits per heavy atom. The lowest BCUT2D eigenvalue weighted by atomic mass is 10.2. The number of benzene rings is 2. The summed E-state index contributed by atoms with van der Waals surface area (Å²) in [4.78, 5) is 12.8. The van der Waals surface area contributed by atoms with Gasteiger partial charge in [0.05, 0.1) is 33.6 Å². The van der Waals surface area contributed by atoms with Crippen molar-refractivity contribution in [2.24, 2.45) is 0 Å². The van der Waals surface area contributed by atoms with Crippen molar-refractivity contribution in [3.05, 3.63) is 58.3 Å². The highest BCUT2D eigenvalue weighted by Crippen LogP contribution is 2.32. The molecule has 1 saturated heterocycles. The average molecular weight is 495 g/mol. The molecule has 10 heteroatoms. The number of hydrogen-bond donors (Lipinski definition) is 1. The molecule has 4 rings (SSSR count). The zero-order chi connectivity index (χ0) is 22.7. The van der Waals surface area contributed by atoms with Crippen LogP contribution in [-0.2, 0) is 16.1 Å². The van der Waals surface area contributed by atoms with Crippen LogP contribution >= 0.6 is 35.0 Å². The number of halogens is 3. The topological polar surface area (TPSA) is 69.0 Å². The molecule has 1 aromatic heterocycles. The third-order valence-electron chi connectivity index (χ3n) is 5.09. The van der Waals surface area contributed by atoms with E-state index in [0.717, 1.165) is 25.0 Å². The normalized spacial score (nSPS) is 16.8. The second kappa shape index (κ2) is 10.2. The molecular weight excluding hydrogens is 474 g/mol. The molecule has 168 valence electrons. The summed E-state index contributed by atoms with van der Waals surface area (Å²) in [7, 11) is 0. The maximum atomic E-state index is 13.4. The van der Waals surface area contributed by atoms with E-state index in [2.05, 4.69) is 15.5 Å².